The monoisotopic (exact) mass is 383 g/mol. The molecule has 0 spiro atoms. The molecule has 142 valence electrons. The van der Waals surface area contributed by atoms with Crippen molar-refractivity contribution in [2.75, 3.05) is 10.6 Å². The highest BCUT2D eigenvalue weighted by Crippen LogP contribution is 2.28. The zero-order chi connectivity index (χ0) is 19.8. The number of aromatic nitrogens is 3. The maximum Gasteiger partial charge on any atom is 0.277 e. The number of carbonyl (C=O) groups excluding carboxylic acids is 2. The van der Waals surface area contributed by atoms with Gasteiger partial charge in [0.2, 0.25) is 5.91 Å². The summed E-state index contributed by atoms with van der Waals surface area (Å²) in [7, 11) is 0. The Morgan fingerprint density at radius 3 is 2.82 bits per heavy atom. The summed E-state index contributed by atoms with van der Waals surface area (Å²) in [6.07, 6.45) is 2.15. The Morgan fingerprint density at radius 1 is 1.21 bits per heavy atom. The number of hydrogen-bond acceptors (Lipinski definition) is 4. The van der Waals surface area contributed by atoms with Gasteiger partial charge in [-0.15, -0.1) is 5.10 Å². The van der Waals surface area contributed by atoms with Crippen molar-refractivity contribution < 1.29 is 18.4 Å². The van der Waals surface area contributed by atoms with Crippen molar-refractivity contribution in [3.8, 4) is 5.69 Å². The third-order valence-corrected chi connectivity index (χ3v) is 4.47. The van der Waals surface area contributed by atoms with Crippen LogP contribution in [0.2, 0.25) is 0 Å². The second-order valence-corrected chi connectivity index (χ2v) is 6.47. The van der Waals surface area contributed by atoms with Crippen LogP contribution < -0.4 is 10.6 Å². The quantitative estimate of drug-likeness (QED) is 0.728. The first-order chi connectivity index (χ1) is 13.4. The lowest BCUT2D eigenvalue weighted by molar-refractivity contribution is -0.116. The number of amides is 2. The molecule has 2 N–H and O–H groups in total. The maximum absolute atomic E-state index is 14.3. The summed E-state index contributed by atoms with van der Waals surface area (Å²) in [5.74, 6) is -1.85. The van der Waals surface area contributed by atoms with Crippen LogP contribution in [0.3, 0.4) is 0 Å². The highest BCUT2D eigenvalue weighted by atomic mass is 19.1. The molecule has 0 unspecified atom stereocenters. The second kappa shape index (κ2) is 6.84. The van der Waals surface area contributed by atoms with Crippen LogP contribution >= 0.6 is 0 Å². The Morgan fingerprint density at radius 2 is 2.04 bits per heavy atom. The molecule has 2 amide bonds. The van der Waals surface area contributed by atoms with Gasteiger partial charge in [-0.2, -0.15) is 0 Å². The molecule has 7 nitrogen and oxygen atoms in total. The van der Waals surface area contributed by atoms with Crippen molar-refractivity contribution in [2.45, 2.75) is 19.8 Å². The molecule has 2 heterocycles. The van der Waals surface area contributed by atoms with Crippen molar-refractivity contribution in [1.29, 1.82) is 0 Å². The average molecular weight is 383 g/mol. The summed E-state index contributed by atoms with van der Waals surface area (Å²) in [6, 6.07) is 6.83. The zero-order valence-electron chi connectivity index (χ0n) is 14.8. The summed E-state index contributed by atoms with van der Waals surface area (Å²) in [4.78, 5) is 23.9. The number of halogens is 2. The Bertz CT molecular complexity index is 1110. The minimum Gasteiger partial charge on any atom is -0.326 e. The third kappa shape index (κ3) is 3.34. The molecule has 1 aromatic heterocycles. The van der Waals surface area contributed by atoms with E-state index in [1.807, 2.05) is 0 Å². The molecule has 0 saturated carbocycles. The predicted molar refractivity (Wildman–Crippen MR) is 97.4 cm³/mol. The molecule has 2 aromatic carbocycles. The van der Waals surface area contributed by atoms with Crippen molar-refractivity contribution in [1.82, 2.24) is 15.0 Å². The summed E-state index contributed by atoms with van der Waals surface area (Å²) in [5, 5.41) is 12.8. The van der Waals surface area contributed by atoms with E-state index in [0.29, 0.717) is 29.8 Å². The van der Waals surface area contributed by atoms with Crippen LogP contribution in [-0.4, -0.2) is 26.8 Å². The number of carbonyl (C=O) groups is 2. The highest BCUT2D eigenvalue weighted by Gasteiger charge is 2.20. The number of nitrogens with one attached hydrogen (secondary N) is 2. The molecule has 3 aromatic rings. The number of aryl methyl sites for hydroxylation is 2. The van der Waals surface area contributed by atoms with Gasteiger partial charge < -0.3 is 10.6 Å². The fourth-order valence-electron chi connectivity index (χ4n) is 3.05. The first kappa shape index (κ1) is 17.8. The van der Waals surface area contributed by atoms with Gasteiger partial charge in [-0.05, 0) is 54.8 Å². The number of rotatable bonds is 3. The van der Waals surface area contributed by atoms with Gasteiger partial charge in [-0.3, -0.25) is 9.59 Å². The summed E-state index contributed by atoms with van der Waals surface area (Å²) >= 11 is 0. The molecule has 0 atom stereocenters. The Labute approximate surface area is 158 Å². The van der Waals surface area contributed by atoms with E-state index >= 15 is 0 Å². The summed E-state index contributed by atoms with van der Waals surface area (Å²) in [6.45, 7) is 1.71. The predicted octanol–water partition coefficient (Wildman–Crippen LogP) is 2.99. The molecule has 0 saturated heterocycles. The van der Waals surface area contributed by atoms with Crippen molar-refractivity contribution in [3.63, 3.8) is 0 Å². The molecule has 0 aliphatic carbocycles. The molecule has 0 fully saturated rings. The Hall–Kier alpha value is -3.62. The molecular weight excluding hydrogens is 368 g/mol. The topological polar surface area (TPSA) is 88.9 Å². The largest absolute Gasteiger partial charge is 0.326 e. The van der Waals surface area contributed by atoms with Gasteiger partial charge in [-0.25, -0.2) is 13.5 Å². The molecule has 0 radical (unpaired) electrons. The van der Waals surface area contributed by atoms with Crippen LogP contribution in [0.15, 0.2) is 36.5 Å². The Kier molecular flexibility index (Phi) is 4.34. The van der Waals surface area contributed by atoms with E-state index in [9.17, 15) is 18.4 Å². The number of benzene rings is 2. The minimum absolute atomic E-state index is 0.00703. The van der Waals surface area contributed by atoms with E-state index in [2.05, 4.69) is 20.9 Å². The van der Waals surface area contributed by atoms with E-state index in [4.69, 9.17) is 0 Å². The van der Waals surface area contributed by atoms with Crippen LogP contribution in [0.4, 0.5) is 20.2 Å². The Balaban J connectivity index is 1.56. The minimum atomic E-state index is -0.670. The van der Waals surface area contributed by atoms with Crippen LogP contribution in [0.25, 0.3) is 5.69 Å². The lowest BCUT2D eigenvalue weighted by atomic mass is 10.0. The third-order valence-electron chi connectivity index (χ3n) is 4.47. The smallest absolute Gasteiger partial charge is 0.277 e. The van der Waals surface area contributed by atoms with E-state index in [-0.39, 0.29) is 23.1 Å². The highest BCUT2D eigenvalue weighted by molar-refractivity contribution is 6.03. The van der Waals surface area contributed by atoms with Gasteiger partial charge in [0, 0.05) is 12.1 Å². The molecule has 1 aliphatic rings. The van der Waals surface area contributed by atoms with E-state index in [1.54, 1.807) is 6.92 Å². The van der Waals surface area contributed by atoms with E-state index in [0.717, 1.165) is 5.56 Å². The first-order valence-corrected chi connectivity index (χ1v) is 8.53. The van der Waals surface area contributed by atoms with Crippen molar-refractivity contribution >= 4 is 23.2 Å². The van der Waals surface area contributed by atoms with Crippen molar-refractivity contribution in [2.24, 2.45) is 0 Å². The lowest BCUT2D eigenvalue weighted by Crippen LogP contribution is -2.20. The van der Waals surface area contributed by atoms with Crippen LogP contribution in [0.5, 0.6) is 0 Å². The molecule has 9 heteroatoms. The van der Waals surface area contributed by atoms with Crippen LogP contribution in [0.1, 0.15) is 28.0 Å². The average Bonchev–Trinajstić information content (AvgIpc) is 3.12. The SMILES string of the molecule is Cc1cc(F)ccc1-n1cc(C(=O)Nc2cc3c(cc2F)NC(=O)CC3)nn1. The van der Waals surface area contributed by atoms with Gasteiger partial charge in [0.15, 0.2) is 5.69 Å². The number of nitrogens with zero attached hydrogens (tertiary/aromatic N) is 3. The lowest BCUT2D eigenvalue weighted by Gasteiger charge is -2.18. The van der Waals surface area contributed by atoms with Gasteiger partial charge in [0.25, 0.3) is 5.91 Å². The number of fused-ring (bicyclic) bond motifs is 1. The normalized spacial score (nSPS) is 13.0. The number of hydrogen-bond donors (Lipinski definition) is 2. The van der Waals surface area contributed by atoms with Crippen molar-refractivity contribution in [3.05, 3.63) is 65.0 Å². The molecule has 28 heavy (non-hydrogen) atoms. The van der Waals surface area contributed by atoms with E-state index in [1.165, 1.54) is 41.2 Å². The second-order valence-electron chi connectivity index (χ2n) is 6.47. The van der Waals surface area contributed by atoms with Gasteiger partial charge >= 0.3 is 0 Å². The molecule has 1 aliphatic heterocycles. The maximum atomic E-state index is 14.3. The van der Waals surface area contributed by atoms with E-state index < -0.39 is 11.7 Å². The molecule has 4 rings (SSSR count). The zero-order valence-corrected chi connectivity index (χ0v) is 14.8. The fraction of sp³-hybridized carbons (Fsp3) is 0.158. The van der Waals surface area contributed by atoms with Crippen LogP contribution in [0, 0.1) is 18.6 Å². The molecular formula is C19H15F2N5O2. The standard InChI is InChI=1S/C19H15F2N5O2/c1-10-6-12(20)3-4-17(10)26-9-16(24-25-26)19(28)23-15-7-11-2-5-18(27)22-14(11)8-13(15)21/h3-4,6-9H,2,5H2,1H3,(H,22,27)(H,23,28). The first-order valence-electron chi connectivity index (χ1n) is 8.53. The van der Waals surface area contributed by atoms with Gasteiger partial charge in [-0.1, -0.05) is 5.21 Å². The molecule has 0 bridgehead atoms. The van der Waals surface area contributed by atoms with Gasteiger partial charge in [0.1, 0.15) is 11.6 Å². The van der Waals surface area contributed by atoms with Gasteiger partial charge in [0.05, 0.1) is 17.6 Å². The summed E-state index contributed by atoms with van der Waals surface area (Å²) < 4.78 is 28.9. The fourth-order valence-corrected chi connectivity index (χ4v) is 3.05. The summed E-state index contributed by atoms with van der Waals surface area (Å²) in [5.41, 5.74) is 2.32. The number of anilines is 2. The van der Waals surface area contributed by atoms with Crippen LogP contribution in [-0.2, 0) is 11.2 Å².